The van der Waals surface area contributed by atoms with Crippen LogP contribution in [-0.2, 0) is 6.18 Å². The monoisotopic (exact) mass is 493 g/mol. The summed E-state index contributed by atoms with van der Waals surface area (Å²) in [6.07, 6.45) is -4.26. The van der Waals surface area contributed by atoms with Gasteiger partial charge in [-0.05, 0) is 73.2 Å². The molecule has 178 valence electrons. The number of rotatable bonds is 7. The van der Waals surface area contributed by atoms with Gasteiger partial charge in [0.05, 0.1) is 5.56 Å². The molecule has 0 heterocycles. The third-order valence-electron chi connectivity index (χ3n) is 4.78. The van der Waals surface area contributed by atoms with Crippen molar-refractivity contribution in [2.75, 3.05) is 23.3 Å². The Labute approximate surface area is 198 Å². The van der Waals surface area contributed by atoms with E-state index in [9.17, 15) is 27.2 Å². The van der Waals surface area contributed by atoms with Gasteiger partial charge >= 0.3 is 12.2 Å². The van der Waals surface area contributed by atoms with Crippen LogP contribution in [0.15, 0.2) is 72.8 Å². The highest BCUT2D eigenvalue weighted by Gasteiger charge is 2.30. The molecule has 0 spiro atoms. The van der Waals surface area contributed by atoms with Crippen LogP contribution in [-0.4, -0.2) is 25.0 Å². The Morgan fingerprint density at radius 3 is 2.26 bits per heavy atom. The lowest BCUT2D eigenvalue weighted by Crippen LogP contribution is -2.37. The molecule has 0 bridgehead atoms. The number of nitrogens with one attached hydrogen (secondary N) is 2. The van der Waals surface area contributed by atoms with Gasteiger partial charge in [0.1, 0.15) is 5.82 Å². The Balaban J connectivity index is 1.63. The van der Waals surface area contributed by atoms with Crippen molar-refractivity contribution < 1.29 is 27.2 Å². The smallest absolute Gasteiger partial charge is 0.352 e. The van der Waals surface area contributed by atoms with E-state index in [0.717, 1.165) is 18.2 Å². The van der Waals surface area contributed by atoms with Gasteiger partial charge in [-0.15, -0.1) is 0 Å². The van der Waals surface area contributed by atoms with E-state index in [1.54, 1.807) is 24.3 Å². The number of alkyl halides is 3. The molecule has 0 atom stereocenters. The lowest BCUT2D eigenvalue weighted by molar-refractivity contribution is -0.137. The molecule has 0 aliphatic carbocycles. The van der Waals surface area contributed by atoms with Crippen LogP contribution in [0.25, 0.3) is 0 Å². The van der Waals surface area contributed by atoms with E-state index in [1.165, 1.54) is 35.2 Å². The molecule has 0 unspecified atom stereocenters. The second-order valence-electron chi connectivity index (χ2n) is 7.25. The number of carbonyl (C=O) groups excluding carboxylic acids is 2. The summed E-state index contributed by atoms with van der Waals surface area (Å²) in [5, 5.41) is 5.77. The van der Waals surface area contributed by atoms with E-state index in [2.05, 4.69) is 10.6 Å². The second-order valence-corrected chi connectivity index (χ2v) is 7.69. The van der Waals surface area contributed by atoms with E-state index < -0.39 is 29.5 Å². The van der Waals surface area contributed by atoms with Gasteiger partial charge in [-0.3, -0.25) is 9.69 Å². The molecule has 3 rings (SSSR count). The van der Waals surface area contributed by atoms with Crippen molar-refractivity contribution in [3.05, 3.63) is 94.8 Å². The van der Waals surface area contributed by atoms with Crippen LogP contribution in [0.1, 0.15) is 22.3 Å². The maximum atomic E-state index is 13.3. The molecule has 0 fully saturated rings. The van der Waals surface area contributed by atoms with Crippen LogP contribution in [0, 0.1) is 5.82 Å². The van der Waals surface area contributed by atoms with Crippen LogP contribution in [0.2, 0.25) is 5.02 Å². The fraction of sp³-hybridized carbons (Fsp3) is 0.167. The maximum absolute atomic E-state index is 13.3. The first-order valence-corrected chi connectivity index (χ1v) is 10.6. The number of nitrogens with zero attached hydrogens (tertiary/aromatic N) is 1. The number of anilines is 2. The quantitative estimate of drug-likeness (QED) is 0.297. The van der Waals surface area contributed by atoms with E-state index >= 15 is 0 Å². The first kappa shape index (κ1) is 25.0. The van der Waals surface area contributed by atoms with Crippen LogP contribution >= 0.6 is 11.6 Å². The number of carbonyl (C=O) groups is 2. The summed E-state index contributed by atoms with van der Waals surface area (Å²) in [6.45, 7) is 0.245. The molecule has 2 N–H and O–H groups in total. The Morgan fingerprint density at radius 2 is 1.62 bits per heavy atom. The standard InChI is InChI=1S/C24H20ClF4N3O2/c25-18-5-9-20(10-6-18)31-23(34)32(21-11-7-19(26)8-12-21)14-2-13-30-22(33)16-3-1-4-17(15-16)24(27,28)29/h1,3-12,15H,2,13-14H2,(H,30,33)(H,31,34). The first-order chi connectivity index (χ1) is 16.1. The van der Waals surface area contributed by atoms with Gasteiger partial charge in [0, 0.05) is 35.1 Å². The van der Waals surface area contributed by atoms with E-state index in [4.69, 9.17) is 11.6 Å². The highest BCUT2D eigenvalue weighted by atomic mass is 35.5. The molecule has 0 saturated heterocycles. The topological polar surface area (TPSA) is 61.4 Å². The number of urea groups is 1. The lowest BCUT2D eigenvalue weighted by Gasteiger charge is -2.23. The average molecular weight is 494 g/mol. The second kappa shape index (κ2) is 11.0. The Kier molecular flexibility index (Phi) is 8.12. The van der Waals surface area contributed by atoms with Gasteiger partial charge in [0.25, 0.3) is 5.91 Å². The molecule has 5 nitrogen and oxygen atoms in total. The number of hydrogen-bond acceptors (Lipinski definition) is 2. The molecule has 3 aromatic carbocycles. The predicted octanol–water partition coefficient (Wildman–Crippen LogP) is 6.36. The summed E-state index contributed by atoms with van der Waals surface area (Å²) in [5.74, 6) is -1.12. The van der Waals surface area contributed by atoms with Gasteiger partial charge in [0.15, 0.2) is 0 Å². The van der Waals surface area contributed by atoms with Crippen molar-refractivity contribution in [1.29, 1.82) is 0 Å². The fourth-order valence-electron chi connectivity index (χ4n) is 3.07. The van der Waals surface area contributed by atoms with Crippen molar-refractivity contribution in [2.24, 2.45) is 0 Å². The summed E-state index contributed by atoms with van der Waals surface area (Å²) in [7, 11) is 0. The summed E-state index contributed by atoms with van der Waals surface area (Å²) in [6, 6.07) is 15.4. The van der Waals surface area contributed by atoms with Gasteiger partial charge in [-0.25, -0.2) is 9.18 Å². The molecule has 10 heteroatoms. The highest BCUT2D eigenvalue weighted by Crippen LogP contribution is 2.29. The van der Waals surface area contributed by atoms with Gasteiger partial charge < -0.3 is 10.6 Å². The van der Waals surface area contributed by atoms with Gasteiger partial charge in [0.2, 0.25) is 0 Å². The maximum Gasteiger partial charge on any atom is 0.416 e. The zero-order valence-corrected chi connectivity index (χ0v) is 18.5. The lowest BCUT2D eigenvalue weighted by atomic mass is 10.1. The molecular formula is C24H20ClF4N3O2. The molecule has 0 saturated carbocycles. The summed E-state index contributed by atoms with van der Waals surface area (Å²) in [4.78, 5) is 26.5. The van der Waals surface area contributed by atoms with Crippen LogP contribution in [0.4, 0.5) is 33.7 Å². The summed E-state index contributed by atoms with van der Waals surface area (Å²) >= 11 is 5.86. The summed E-state index contributed by atoms with van der Waals surface area (Å²) < 4.78 is 51.9. The molecule has 0 aliphatic heterocycles. The van der Waals surface area contributed by atoms with Gasteiger partial charge in [-0.2, -0.15) is 13.2 Å². The van der Waals surface area contributed by atoms with E-state index in [0.29, 0.717) is 16.4 Å². The minimum Gasteiger partial charge on any atom is -0.352 e. The minimum absolute atomic E-state index is 0.0982. The molecule has 0 aliphatic rings. The number of amides is 3. The molecule has 34 heavy (non-hydrogen) atoms. The molecule has 0 aromatic heterocycles. The van der Waals surface area contributed by atoms with Crippen molar-refractivity contribution in [3.63, 3.8) is 0 Å². The number of benzene rings is 3. The van der Waals surface area contributed by atoms with E-state index in [1.807, 2.05) is 0 Å². The van der Waals surface area contributed by atoms with Crippen LogP contribution < -0.4 is 15.5 Å². The molecular weight excluding hydrogens is 474 g/mol. The van der Waals surface area contributed by atoms with E-state index in [-0.39, 0.29) is 25.1 Å². The van der Waals surface area contributed by atoms with Crippen molar-refractivity contribution in [2.45, 2.75) is 12.6 Å². The van der Waals surface area contributed by atoms with Crippen LogP contribution in [0.3, 0.4) is 0 Å². The number of halogens is 5. The van der Waals surface area contributed by atoms with Crippen molar-refractivity contribution in [1.82, 2.24) is 5.32 Å². The van der Waals surface area contributed by atoms with Crippen LogP contribution in [0.5, 0.6) is 0 Å². The zero-order chi connectivity index (χ0) is 24.7. The van der Waals surface area contributed by atoms with Crippen molar-refractivity contribution >= 4 is 34.9 Å². The third kappa shape index (κ3) is 6.95. The Bertz CT molecular complexity index is 1140. The molecule has 3 aromatic rings. The number of hydrogen-bond donors (Lipinski definition) is 2. The SMILES string of the molecule is O=C(NCCCN(C(=O)Nc1ccc(Cl)cc1)c1ccc(F)cc1)c1cccc(C(F)(F)F)c1. The predicted molar refractivity (Wildman–Crippen MR) is 123 cm³/mol. The fourth-order valence-corrected chi connectivity index (χ4v) is 3.20. The normalized spacial score (nSPS) is 11.1. The first-order valence-electron chi connectivity index (χ1n) is 10.2. The summed E-state index contributed by atoms with van der Waals surface area (Å²) in [5.41, 5.74) is -0.108. The Morgan fingerprint density at radius 1 is 0.941 bits per heavy atom. The minimum atomic E-state index is -4.55. The van der Waals surface area contributed by atoms with Gasteiger partial charge in [-0.1, -0.05) is 17.7 Å². The van der Waals surface area contributed by atoms with Crippen molar-refractivity contribution in [3.8, 4) is 0 Å². The average Bonchev–Trinajstić information content (AvgIpc) is 2.80. The Hall–Kier alpha value is -3.59. The molecule has 3 amide bonds. The molecule has 0 radical (unpaired) electrons. The third-order valence-corrected chi connectivity index (χ3v) is 5.03. The zero-order valence-electron chi connectivity index (χ0n) is 17.7. The largest absolute Gasteiger partial charge is 0.416 e. The highest BCUT2D eigenvalue weighted by molar-refractivity contribution is 6.30.